The highest BCUT2D eigenvalue weighted by Crippen LogP contribution is 2.30. The first-order valence-corrected chi connectivity index (χ1v) is 12.0. The molecule has 0 spiro atoms. The van der Waals surface area contributed by atoms with Gasteiger partial charge in [-0.2, -0.15) is 15.0 Å². The molecular weight excluding hydrogens is 432 g/mol. The molecule has 5 rings (SSSR count). The van der Waals surface area contributed by atoms with Gasteiger partial charge in [0.25, 0.3) is 0 Å². The number of H-pyrrole nitrogens is 1. The van der Waals surface area contributed by atoms with E-state index in [1.807, 2.05) is 38.5 Å². The number of amides is 1. The second-order valence-electron chi connectivity index (χ2n) is 9.46. The molecule has 2 aliphatic rings. The van der Waals surface area contributed by atoms with Crippen LogP contribution in [0.25, 0.3) is 22.3 Å². The van der Waals surface area contributed by atoms with Crippen LogP contribution in [0.4, 0.5) is 5.95 Å². The SMILES string of the molecule is CC1COCCN1c1nc(OC2CCC(C(=O)N(C)C)CC2)nc(-c2ccc3[nH]ccc3c2)n1. The molecular formula is C25H32N6O3. The van der Waals surface area contributed by atoms with Crippen LogP contribution in [0.2, 0.25) is 0 Å². The number of aromatic nitrogens is 4. The van der Waals surface area contributed by atoms with E-state index in [-0.39, 0.29) is 24.0 Å². The third kappa shape index (κ3) is 4.70. The van der Waals surface area contributed by atoms with E-state index in [4.69, 9.17) is 24.4 Å². The van der Waals surface area contributed by atoms with Crippen molar-refractivity contribution >= 4 is 22.8 Å². The maximum absolute atomic E-state index is 12.3. The summed E-state index contributed by atoms with van der Waals surface area (Å²) >= 11 is 0. The number of hydrogen-bond donors (Lipinski definition) is 1. The zero-order valence-corrected chi connectivity index (χ0v) is 20.0. The second kappa shape index (κ2) is 9.58. The molecule has 2 fully saturated rings. The van der Waals surface area contributed by atoms with Crippen molar-refractivity contribution in [2.75, 3.05) is 38.8 Å². The molecule has 1 aromatic carbocycles. The fourth-order valence-corrected chi connectivity index (χ4v) is 4.81. The van der Waals surface area contributed by atoms with Gasteiger partial charge < -0.3 is 24.3 Å². The van der Waals surface area contributed by atoms with Crippen molar-refractivity contribution in [1.29, 1.82) is 0 Å². The predicted octanol–water partition coefficient (Wildman–Crippen LogP) is 3.27. The molecule has 3 heterocycles. The largest absolute Gasteiger partial charge is 0.460 e. The summed E-state index contributed by atoms with van der Waals surface area (Å²) in [5, 5.41) is 1.10. The molecule has 1 saturated heterocycles. The lowest BCUT2D eigenvalue weighted by Gasteiger charge is -2.33. The zero-order valence-electron chi connectivity index (χ0n) is 20.0. The number of carbonyl (C=O) groups is 1. The number of carbonyl (C=O) groups excluding carboxylic acids is 1. The van der Waals surface area contributed by atoms with Crippen LogP contribution in [0.15, 0.2) is 30.5 Å². The Labute approximate surface area is 199 Å². The molecule has 1 aliphatic heterocycles. The first kappa shape index (κ1) is 22.6. The first-order valence-electron chi connectivity index (χ1n) is 12.0. The lowest BCUT2D eigenvalue weighted by Crippen LogP contribution is -2.44. The molecule has 3 aromatic rings. The van der Waals surface area contributed by atoms with Crippen LogP contribution in [-0.4, -0.2) is 76.7 Å². The zero-order chi connectivity index (χ0) is 23.7. The highest BCUT2D eigenvalue weighted by Gasteiger charge is 2.29. The Morgan fingerprint density at radius 1 is 1.15 bits per heavy atom. The number of rotatable bonds is 5. The molecule has 1 amide bonds. The molecule has 180 valence electrons. The summed E-state index contributed by atoms with van der Waals surface area (Å²) in [6, 6.07) is 8.68. The molecule has 2 aromatic heterocycles. The Balaban J connectivity index is 1.41. The Hall–Kier alpha value is -3.20. The molecule has 1 atom stereocenters. The lowest BCUT2D eigenvalue weighted by molar-refractivity contribution is -0.134. The van der Waals surface area contributed by atoms with Gasteiger partial charge in [0.05, 0.1) is 19.3 Å². The number of fused-ring (bicyclic) bond motifs is 1. The van der Waals surface area contributed by atoms with Crippen LogP contribution >= 0.6 is 0 Å². The van der Waals surface area contributed by atoms with Crippen LogP contribution in [0.3, 0.4) is 0 Å². The number of nitrogens with zero attached hydrogens (tertiary/aromatic N) is 5. The van der Waals surface area contributed by atoms with Crippen molar-refractivity contribution in [2.24, 2.45) is 5.92 Å². The first-order chi connectivity index (χ1) is 16.5. The molecule has 1 unspecified atom stereocenters. The quantitative estimate of drug-likeness (QED) is 0.619. The van der Waals surface area contributed by atoms with Crippen LogP contribution in [0, 0.1) is 5.92 Å². The molecule has 1 N–H and O–H groups in total. The number of hydrogen-bond acceptors (Lipinski definition) is 7. The predicted molar refractivity (Wildman–Crippen MR) is 130 cm³/mol. The number of ether oxygens (including phenoxy) is 2. The summed E-state index contributed by atoms with van der Waals surface area (Å²) in [6.45, 7) is 4.11. The Morgan fingerprint density at radius 3 is 2.74 bits per heavy atom. The minimum atomic E-state index is -0.0106. The minimum Gasteiger partial charge on any atom is -0.460 e. The van der Waals surface area contributed by atoms with Crippen molar-refractivity contribution in [2.45, 2.75) is 44.8 Å². The third-order valence-electron chi connectivity index (χ3n) is 6.78. The van der Waals surface area contributed by atoms with E-state index < -0.39 is 0 Å². The number of anilines is 1. The van der Waals surface area contributed by atoms with Gasteiger partial charge in [-0.15, -0.1) is 0 Å². The third-order valence-corrected chi connectivity index (χ3v) is 6.78. The van der Waals surface area contributed by atoms with Crippen molar-refractivity contribution in [3.63, 3.8) is 0 Å². The van der Waals surface area contributed by atoms with E-state index in [1.165, 1.54) is 0 Å². The fraction of sp³-hybridized carbons (Fsp3) is 0.520. The topological polar surface area (TPSA) is 96.5 Å². The molecule has 34 heavy (non-hydrogen) atoms. The van der Waals surface area contributed by atoms with Crippen molar-refractivity contribution in [1.82, 2.24) is 24.8 Å². The van der Waals surface area contributed by atoms with Gasteiger partial charge in [0.15, 0.2) is 5.82 Å². The number of morpholine rings is 1. The summed E-state index contributed by atoms with van der Waals surface area (Å²) in [6.07, 6.45) is 5.17. The van der Waals surface area contributed by atoms with E-state index in [0.717, 1.165) is 48.7 Å². The highest BCUT2D eigenvalue weighted by atomic mass is 16.5. The van der Waals surface area contributed by atoms with Gasteiger partial charge in [0.1, 0.15) is 6.10 Å². The monoisotopic (exact) mass is 464 g/mol. The Bertz CT molecular complexity index is 1150. The van der Waals surface area contributed by atoms with Gasteiger partial charge in [0, 0.05) is 49.2 Å². The number of nitrogens with one attached hydrogen (secondary N) is 1. The minimum absolute atomic E-state index is 0.0106. The van der Waals surface area contributed by atoms with E-state index in [0.29, 0.717) is 31.0 Å². The average Bonchev–Trinajstić information content (AvgIpc) is 3.32. The molecule has 0 bridgehead atoms. The maximum Gasteiger partial charge on any atom is 0.322 e. The average molecular weight is 465 g/mol. The Kier molecular flexibility index (Phi) is 6.36. The molecule has 1 aliphatic carbocycles. The van der Waals surface area contributed by atoms with Gasteiger partial charge in [-0.25, -0.2) is 0 Å². The van der Waals surface area contributed by atoms with Gasteiger partial charge in [0.2, 0.25) is 11.9 Å². The summed E-state index contributed by atoms with van der Waals surface area (Å²) < 4.78 is 11.9. The Morgan fingerprint density at radius 2 is 1.97 bits per heavy atom. The van der Waals surface area contributed by atoms with E-state index >= 15 is 0 Å². The summed E-state index contributed by atoms with van der Waals surface area (Å²) in [7, 11) is 3.63. The van der Waals surface area contributed by atoms with Crippen molar-refractivity contribution in [3.05, 3.63) is 30.5 Å². The summed E-state index contributed by atoms with van der Waals surface area (Å²) in [4.78, 5) is 33.6. The van der Waals surface area contributed by atoms with E-state index in [2.05, 4.69) is 22.9 Å². The van der Waals surface area contributed by atoms with Gasteiger partial charge in [-0.05, 0) is 56.9 Å². The maximum atomic E-state index is 12.3. The summed E-state index contributed by atoms with van der Waals surface area (Å²) in [5.41, 5.74) is 1.99. The van der Waals surface area contributed by atoms with Gasteiger partial charge >= 0.3 is 6.01 Å². The molecule has 1 saturated carbocycles. The number of benzene rings is 1. The van der Waals surface area contributed by atoms with Crippen LogP contribution in [0.1, 0.15) is 32.6 Å². The molecule has 9 heteroatoms. The van der Waals surface area contributed by atoms with Crippen molar-refractivity contribution in [3.8, 4) is 17.4 Å². The van der Waals surface area contributed by atoms with Crippen LogP contribution < -0.4 is 9.64 Å². The molecule has 0 radical (unpaired) electrons. The normalized spacial score (nSPS) is 23.1. The van der Waals surface area contributed by atoms with Crippen molar-refractivity contribution < 1.29 is 14.3 Å². The molecule has 9 nitrogen and oxygen atoms in total. The van der Waals surface area contributed by atoms with E-state index in [9.17, 15) is 4.79 Å². The number of aromatic amines is 1. The lowest BCUT2D eigenvalue weighted by atomic mass is 9.86. The van der Waals surface area contributed by atoms with Crippen LogP contribution in [-0.2, 0) is 9.53 Å². The van der Waals surface area contributed by atoms with Gasteiger partial charge in [-0.3, -0.25) is 4.79 Å². The summed E-state index contributed by atoms with van der Waals surface area (Å²) in [5.74, 6) is 1.48. The standard InChI is InChI=1S/C25H32N6O3/c1-16-15-33-13-12-31(16)24-27-22(19-6-9-21-18(14-19)10-11-26-21)28-25(29-24)34-20-7-4-17(5-8-20)23(32)30(2)3/h6,9-11,14,16-17,20,26H,4-5,7-8,12-13,15H2,1-3H3. The fourth-order valence-electron chi connectivity index (χ4n) is 4.81. The smallest absolute Gasteiger partial charge is 0.322 e. The highest BCUT2D eigenvalue weighted by molar-refractivity contribution is 5.84. The van der Waals surface area contributed by atoms with E-state index in [1.54, 1.807) is 4.90 Å². The second-order valence-corrected chi connectivity index (χ2v) is 9.46. The van der Waals surface area contributed by atoms with Crippen LogP contribution in [0.5, 0.6) is 6.01 Å². The van der Waals surface area contributed by atoms with Gasteiger partial charge in [-0.1, -0.05) is 0 Å².